The van der Waals surface area contributed by atoms with Gasteiger partial charge in [0.2, 0.25) is 0 Å². The fourth-order valence-electron chi connectivity index (χ4n) is 3.92. The molecule has 31 heavy (non-hydrogen) atoms. The smallest absolute Gasteiger partial charge is 0.414 e. The summed E-state index contributed by atoms with van der Waals surface area (Å²) in [4.78, 5) is 36.0. The first-order valence-corrected chi connectivity index (χ1v) is 10.3. The van der Waals surface area contributed by atoms with E-state index >= 15 is 0 Å². The molecule has 172 valence electrons. The maximum absolute atomic E-state index is 10.7. The number of likely N-dealkylation sites (tertiary alicyclic amines) is 1. The summed E-state index contributed by atoms with van der Waals surface area (Å²) in [5.41, 5.74) is 1.30. The van der Waals surface area contributed by atoms with Crippen LogP contribution in [0.2, 0.25) is 0 Å². The molecular formula is C20H30N4O7. The predicted molar refractivity (Wildman–Crippen MR) is 112 cm³/mol. The van der Waals surface area contributed by atoms with E-state index in [1.54, 1.807) is 12.1 Å². The number of rotatable bonds is 6. The molecule has 0 bridgehead atoms. The van der Waals surface area contributed by atoms with Crippen molar-refractivity contribution in [2.45, 2.75) is 25.4 Å². The van der Waals surface area contributed by atoms with Crippen LogP contribution >= 0.6 is 0 Å². The summed E-state index contributed by atoms with van der Waals surface area (Å²) in [7, 11) is 0. The summed E-state index contributed by atoms with van der Waals surface area (Å²) in [6, 6.07) is 7.58. The van der Waals surface area contributed by atoms with Gasteiger partial charge < -0.3 is 15.3 Å². The number of aliphatic carboxylic acids is 2. The minimum Gasteiger partial charge on any atom is -0.473 e. The van der Waals surface area contributed by atoms with E-state index < -0.39 is 11.9 Å². The van der Waals surface area contributed by atoms with Gasteiger partial charge in [0.05, 0.1) is 11.5 Å². The molecule has 11 nitrogen and oxygen atoms in total. The number of non-ortho nitro benzene ring substituents is 1. The molecular weight excluding hydrogens is 408 g/mol. The minimum absolute atomic E-state index is 0.155. The van der Waals surface area contributed by atoms with Crippen LogP contribution in [0.5, 0.6) is 0 Å². The van der Waals surface area contributed by atoms with E-state index in [0.29, 0.717) is 6.04 Å². The van der Waals surface area contributed by atoms with E-state index in [0.717, 1.165) is 57.9 Å². The Morgan fingerprint density at radius 3 is 1.94 bits per heavy atom. The topological polar surface area (TPSA) is 148 Å². The average molecular weight is 438 g/mol. The fourth-order valence-corrected chi connectivity index (χ4v) is 3.92. The Morgan fingerprint density at radius 2 is 1.48 bits per heavy atom. The number of nitrogens with zero attached hydrogens (tertiary/aromatic N) is 4. The summed E-state index contributed by atoms with van der Waals surface area (Å²) >= 11 is 0. The molecule has 2 saturated heterocycles. The number of hydrogen-bond acceptors (Lipinski definition) is 8. The van der Waals surface area contributed by atoms with Crippen molar-refractivity contribution >= 4 is 17.6 Å². The zero-order valence-corrected chi connectivity index (χ0v) is 17.4. The van der Waals surface area contributed by atoms with Gasteiger partial charge in [-0.15, -0.1) is 0 Å². The summed E-state index contributed by atoms with van der Waals surface area (Å²) in [5.74, 6) is -3.65. The molecule has 0 radical (unpaired) electrons. The monoisotopic (exact) mass is 438 g/mol. The lowest BCUT2D eigenvalue weighted by molar-refractivity contribution is -0.384. The largest absolute Gasteiger partial charge is 0.473 e. The predicted octanol–water partition coefficient (Wildman–Crippen LogP) is 0.325. The normalized spacial score (nSPS) is 18.7. The lowest BCUT2D eigenvalue weighted by Gasteiger charge is -2.42. The van der Waals surface area contributed by atoms with Gasteiger partial charge >= 0.3 is 11.9 Å². The Kier molecular flexibility index (Phi) is 9.79. The number of aliphatic hydroxyl groups excluding tert-OH is 1. The van der Waals surface area contributed by atoms with Crippen molar-refractivity contribution in [3.05, 3.63) is 39.9 Å². The van der Waals surface area contributed by atoms with Crippen molar-refractivity contribution in [3.63, 3.8) is 0 Å². The second-order valence-corrected chi connectivity index (χ2v) is 7.64. The van der Waals surface area contributed by atoms with Gasteiger partial charge in [-0.2, -0.15) is 0 Å². The Labute approximate surface area is 180 Å². The van der Waals surface area contributed by atoms with E-state index in [2.05, 4.69) is 14.7 Å². The molecule has 0 aliphatic carbocycles. The Bertz CT molecular complexity index is 716. The van der Waals surface area contributed by atoms with Gasteiger partial charge in [-0.05, 0) is 31.5 Å². The number of benzene rings is 1. The molecule has 0 atom stereocenters. The van der Waals surface area contributed by atoms with Gasteiger partial charge in [-0.25, -0.2) is 9.59 Å². The maximum Gasteiger partial charge on any atom is 0.414 e. The number of carbonyl (C=O) groups is 2. The number of carboxylic acids is 2. The van der Waals surface area contributed by atoms with E-state index in [9.17, 15) is 10.1 Å². The molecule has 0 spiro atoms. The van der Waals surface area contributed by atoms with Crippen LogP contribution in [0.3, 0.4) is 0 Å². The molecule has 1 aromatic carbocycles. The number of aliphatic hydroxyl groups is 1. The second-order valence-electron chi connectivity index (χ2n) is 7.64. The summed E-state index contributed by atoms with van der Waals surface area (Å²) in [5, 5.41) is 34.5. The highest BCUT2D eigenvalue weighted by atomic mass is 16.6. The van der Waals surface area contributed by atoms with Crippen LogP contribution in [0, 0.1) is 10.1 Å². The molecule has 0 unspecified atom stereocenters. The Hall–Kier alpha value is -2.60. The zero-order valence-electron chi connectivity index (χ0n) is 17.4. The van der Waals surface area contributed by atoms with Gasteiger partial charge in [0.25, 0.3) is 5.69 Å². The molecule has 2 aliphatic rings. The SMILES string of the molecule is O=C(O)C(=O)O.O=[N+]([O-])c1ccc(CN2CCC(N3CCN(CCO)CC3)CC2)cc1. The third-order valence-corrected chi connectivity index (χ3v) is 5.63. The number of piperazine rings is 1. The van der Waals surface area contributed by atoms with Gasteiger partial charge in [0.15, 0.2) is 0 Å². The summed E-state index contributed by atoms with van der Waals surface area (Å²) < 4.78 is 0. The van der Waals surface area contributed by atoms with Gasteiger partial charge in [0.1, 0.15) is 0 Å². The molecule has 1 aromatic rings. The molecule has 0 aromatic heterocycles. The van der Waals surface area contributed by atoms with Gasteiger partial charge in [-0.1, -0.05) is 12.1 Å². The van der Waals surface area contributed by atoms with Crippen molar-refractivity contribution in [2.75, 3.05) is 52.4 Å². The van der Waals surface area contributed by atoms with Crippen LogP contribution in [-0.2, 0) is 16.1 Å². The van der Waals surface area contributed by atoms with Crippen LogP contribution in [-0.4, -0.2) is 105 Å². The Morgan fingerprint density at radius 1 is 0.935 bits per heavy atom. The standard InChI is InChI=1S/C18H28N4O3.C2H2O4/c23-14-13-19-9-11-21(12-10-19)17-5-7-20(8-6-17)15-16-1-3-18(4-2-16)22(24)25;3-1(4)2(5)6/h1-4,17,23H,5-15H2;(H,3,4)(H,5,6). The highest BCUT2D eigenvalue weighted by molar-refractivity contribution is 6.27. The third kappa shape index (κ3) is 8.21. The van der Waals surface area contributed by atoms with Gasteiger partial charge in [-0.3, -0.25) is 24.8 Å². The van der Waals surface area contributed by atoms with E-state index in [1.807, 2.05) is 12.1 Å². The van der Waals surface area contributed by atoms with E-state index in [4.69, 9.17) is 24.9 Å². The van der Waals surface area contributed by atoms with Crippen molar-refractivity contribution in [2.24, 2.45) is 0 Å². The van der Waals surface area contributed by atoms with E-state index in [-0.39, 0.29) is 17.2 Å². The van der Waals surface area contributed by atoms with Crippen molar-refractivity contribution < 1.29 is 29.8 Å². The zero-order chi connectivity index (χ0) is 22.8. The van der Waals surface area contributed by atoms with Crippen LogP contribution < -0.4 is 0 Å². The number of carboxylic acid groups (broad SMARTS) is 2. The van der Waals surface area contributed by atoms with Crippen LogP contribution in [0.1, 0.15) is 18.4 Å². The molecule has 2 aliphatic heterocycles. The lowest BCUT2D eigenvalue weighted by Crippen LogP contribution is -2.53. The van der Waals surface area contributed by atoms with Crippen LogP contribution in [0.4, 0.5) is 5.69 Å². The summed E-state index contributed by atoms with van der Waals surface area (Å²) in [6.07, 6.45) is 2.37. The molecule has 0 amide bonds. The number of piperidine rings is 1. The second kappa shape index (κ2) is 12.3. The molecule has 2 fully saturated rings. The highest BCUT2D eigenvalue weighted by Gasteiger charge is 2.27. The molecule has 2 heterocycles. The number of nitro benzene ring substituents is 1. The highest BCUT2D eigenvalue weighted by Crippen LogP contribution is 2.20. The molecule has 3 rings (SSSR count). The first-order chi connectivity index (χ1) is 14.8. The number of hydrogen-bond donors (Lipinski definition) is 3. The van der Waals surface area contributed by atoms with Crippen molar-refractivity contribution in [3.8, 4) is 0 Å². The summed E-state index contributed by atoms with van der Waals surface area (Å²) in [6.45, 7) is 8.40. The third-order valence-electron chi connectivity index (χ3n) is 5.63. The van der Waals surface area contributed by atoms with Crippen molar-refractivity contribution in [1.82, 2.24) is 14.7 Å². The maximum atomic E-state index is 10.7. The van der Waals surface area contributed by atoms with Crippen LogP contribution in [0.15, 0.2) is 24.3 Å². The number of nitro groups is 1. The lowest BCUT2D eigenvalue weighted by atomic mass is 10.0. The Balaban J connectivity index is 0.000000501. The van der Waals surface area contributed by atoms with Gasteiger partial charge in [0, 0.05) is 57.4 Å². The molecule has 11 heteroatoms. The van der Waals surface area contributed by atoms with Crippen LogP contribution in [0.25, 0.3) is 0 Å². The quantitative estimate of drug-likeness (QED) is 0.322. The fraction of sp³-hybridized carbons (Fsp3) is 0.600. The van der Waals surface area contributed by atoms with E-state index in [1.165, 1.54) is 12.8 Å². The first kappa shape index (κ1) is 24.7. The molecule has 3 N–H and O–H groups in total. The number of β-amino-alcohol motifs (C(OH)–C–C–N with tert-alkyl or cyclic N) is 1. The average Bonchev–Trinajstić information content (AvgIpc) is 2.76. The molecule has 0 saturated carbocycles. The first-order valence-electron chi connectivity index (χ1n) is 10.3. The van der Waals surface area contributed by atoms with Crippen molar-refractivity contribution in [1.29, 1.82) is 0 Å². The minimum atomic E-state index is -1.82.